The van der Waals surface area contributed by atoms with E-state index in [0.29, 0.717) is 19.8 Å². The van der Waals surface area contributed by atoms with Crippen LogP contribution >= 0.6 is 22.9 Å². The van der Waals surface area contributed by atoms with E-state index in [1.807, 2.05) is 36.4 Å². The molecule has 0 spiro atoms. The lowest BCUT2D eigenvalue weighted by atomic mass is 10.2. The first kappa shape index (κ1) is 14.1. The van der Waals surface area contributed by atoms with Crippen molar-refractivity contribution in [2.45, 2.75) is 13.2 Å². The molecule has 0 saturated heterocycles. The molecule has 0 radical (unpaired) electrons. The Labute approximate surface area is 122 Å². The number of benzene rings is 1. The number of thiophene rings is 1. The Kier molecular flexibility index (Phi) is 5.44. The zero-order valence-electron chi connectivity index (χ0n) is 10.4. The molecule has 1 heterocycles. The molecule has 2 aromatic rings. The highest BCUT2D eigenvalue weighted by Gasteiger charge is 1.99. The van der Waals surface area contributed by atoms with Crippen LogP contribution in [0, 0.1) is 11.8 Å². The predicted octanol–water partition coefficient (Wildman–Crippen LogP) is 3.43. The molecular weight excluding hydrogens is 278 g/mol. The van der Waals surface area contributed by atoms with Gasteiger partial charge in [-0.15, -0.1) is 11.3 Å². The second-order valence-corrected chi connectivity index (χ2v) is 5.50. The maximum Gasteiger partial charge on any atom is 0.0814 e. The van der Waals surface area contributed by atoms with E-state index in [1.54, 1.807) is 11.3 Å². The molecule has 0 saturated carbocycles. The van der Waals surface area contributed by atoms with Crippen molar-refractivity contribution in [3.8, 4) is 11.8 Å². The fourth-order valence-electron chi connectivity index (χ4n) is 1.56. The van der Waals surface area contributed by atoms with Crippen LogP contribution in [0.5, 0.6) is 0 Å². The molecule has 0 bridgehead atoms. The van der Waals surface area contributed by atoms with Crippen molar-refractivity contribution < 1.29 is 4.74 Å². The third-order valence-corrected chi connectivity index (χ3v) is 3.59. The van der Waals surface area contributed by atoms with Crippen molar-refractivity contribution in [2.24, 2.45) is 5.73 Å². The van der Waals surface area contributed by atoms with Crippen molar-refractivity contribution in [2.75, 3.05) is 6.54 Å². The summed E-state index contributed by atoms with van der Waals surface area (Å²) in [5.74, 6) is 5.85. The van der Waals surface area contributed by atoms with E-state index in [2.05, 4.69) is 11.8 Å². The molecule has 4 heteroatoms. The summed E-state index contributed by atoms with van der Waals surface area (Å²) in [5, 5.41) is 0.733. The highest BCUT2D eigenvalue weighted by Crippen LogP contribution is 2.17. The van der Waals surface area contributed by atoms with Crippen molar-refractivity contribution in [3.63, 3.8) is 0 Å². The molecule has 0 fully saturated rings. The van der Waals surface area contributed by atoms with Crippen molar-refractivity contribution in [3.05, 3.63) is 56.7 Å². The first-order valence-electron chi connectivity index (χ1n) is 5.88. The van der Waals surface area contributed by atoms with Crippen LogP contribution in [0.2, 0.25) is 5.02 Å². The molecule has 19 heavy (non-hydrogen) atoms. The maximum absolute atomic E-state index is 5.91. The molecule has 0 atom stereocenters. The molecule has 0 amide bonds. The molecule has 2 N–H and O–H groups in total. The Morgan fingerprint density at radius 1 is 1.21 bits per heavy atom. The Hall–Kier alpha value is -1.31. The van der Waals surface area contributed by atoms with Crippen LogP contribution in [0.25, 0.3) is 0 Å². The van der Waals surface area contributed by atoms with E-state index in [1.165, 1.54) is 0 Å². The van der Waals surface area contributed by atoms with Gasteiger partial charge in [0.25, 0.3) is 0 Å². The Morgan fingerprint density at radius 2 is 2.11 bits per heavy atom. The van der Waals surface area contributed by atoms with E-state index in [-0.39, 0.29) is 0 Å². The molecule has 0 aliphatic heterocycles. The van der Waals surface area contributed by atoms with Crippen LogP contribution in [-0.2, 0) is 18.0 Å². The van der Waals surface area contributed by atoms with Gasteiger partial charge in [0.05, 0.1) is 24.6 Å². The van der Waals surface area contributed by atoms with Crippen LogP contribution in [0.15, 0.2) is 36.4 Å². The predicted molar refractivity (Wildman–Crippen MR) is 80.2 cm³/mol. The average molecular weight is 292 g/mol. The van der Waals surface area contributed by atoms with E-state index < -0.39 is 0 Å². The van der Waals surface area contributed by atoms with Crippen molar-refractivity contribution in [1.29, 1.82) is 0 Å². The van der Waals surface area contributed by atoms with Gasteiger partial charge in [0.2, 0.25) is 0 Å². The number of ether oxygens (including phenoxy) is 1. The zero-order valence-corrected chi connectivity index (χ0v) is 11.9. The minimum atomic E-state index is 0.387. The lowest BCUT2D eigenvalue weighted by Gasteiger charge is -2.03. The van der Waals surface area contributed by atoms with Gasteiger partial charge in [0, 0.05) is 9.90 Å². The van der Waals surface area contributed by atoms with Crippen LogP contribution in [0.4, 0.5) is 0 Å². The summed E-state index contributed by atoms with van der Waals surface area (Å²) in [7, 11) is 0. The van der Waals surface area contributed by atoms with Gasteiger partial charge in [-0.3, -0.25) is 0 Å². The highest BCUT2D eigenvalue weighted by atomic mass is 35.5. The highest BCUT2D eigenvalue weighted by molar-refractivity contribution is 7.12. The van der Waals surface area contributed by atoms with Gasteiger partial charge in [-0.05, 0) is 29.8 Å². The summed E-state index contributed by atoms with van der Waals surface area (Å²) >= 11 is 7.54. The summed E-state index contributed by atoms with van der Waals surface area (Å²) in [4.78, 5) is 2.18. The minimum absolute atomic E-state index is 0.387. The van der Waals surface area contributed by atoms with E-state index in [0.717, 1.165) is 20.3 Å². The Morgan fingerprint density at radius 3 is 2.89 bits per heavy atom. The summed E-state index contributed by atoms with van der Waals surface area (Å²) in [6, 6.07) is 11.7. The fraction of sp³-hybridized carbons (Fsp3) is 0.200. The minimum Gasteiger partial charge on any atom is -0.371 e. The van der Waals surface area contributed by atoms with Gasteiger partial charge in [0.15, 0.2) is 0 Å². The molecule has 0 unspecified atom stereocenters. The van der Waals surface area contributed by atoms with Gasteiger partial charge in [-0.25, -0.2) is 0 Å². The van der Waals surface area contributed by atoms with Crippen LogP contribution in [-0.4, -0.2) is 6.54 Å². The normalized spacial score (nSPS) is 10.0. The fourth-order valence-corrected chi connectivity index (χ4v) is 2.59. The molecule has 1 aromatic carbocycles. The van der Waals surface area contributed by atoms with E-state index in [4.69, 9.17) is 22.1 Å². The van der Waals surface area contributed by atoms with Crippen LogP contribution in [0.1, 0.15) is 15.3 Å². The molecule has 98 valence electrons. The molecule has 0 aliphatic carbocycles. The molecule has 0 aliphatic rings. The monoisotopic (exact) mass is 291 g/mol. The molecule has 2 nitrogen and oxygen atoms in total. The maximum atomic E-state index is 5.91. The van der Waals surface area contributed by atoms with Gasteiger partial charge < -0.3 is 10.5 Å². The first-order valence-corrected chi connectivity index (χ1v) is 7.07. The molecule has 1 aromatic heterocycles. The SMILES string of the molecule is NCC#Cc1ccc(COCc2cccc(Cl)c2)s1. The lowest BCUT2D eigenvalue weighted by Crippen LogP contribution is -1.92. The Balaban J connectivity index is 1.84. The second kappa shape index (κ2) is 7.32. The summed E-state index contributed by atoms with van der Waals surface area (Å²) < 4.78 is 5.66. The zero-order chi connectivity index (χ0) is 13.5. The smallest absolute Gasteiger partial charge is 0.0814 e. The number of nitrogens with two attached hydrogens (primary N) is 1. The van der Waals surface area contributed by atoms with Crippen LogP contribution < -0.4 is 5.73 Å². The summed E-state index contributed by atoms with van der Waals surface area (Å²) in [5.41, 5.74) is 6.41. The average Bonchev–Trinajstić information content (AvgIpc) is 2.84. The lowest BCUT2D eigenvalue weighted by molar-refractivity contribution is 0.109. The summed E-state index contributed by atoms with van der Waals surface area (Å²) in [6.07, 6.45) is 0. The third-order valence-electron chi connectivity index (χ3n) is 2.38. The standard InChI is InChI=1S/C15H14ClNOS/c16-13-4-1-3-12(9-13)10-18-11-15-7-6-14(19-15)5-2-8-17/h1,3-4,6-7,9H,8,10-11,17H2. The largest absolute Gasteiger partial charge is 0.371 e. The molecular formula is C15H14ClNOS. The van der Waals surface area contributed by atoms with Crippen molar-refractivity contribution in [1.82, 2.24) is 0 Å². The first-order chi connectivity index (χ1) is 9.28. The second-order valence-electron chi connectivity index (χ2n) is 3.89. The number of rotatable bonds is 4. The van der Waals surface area contributed by atoms with Crippen molar-refractivity contribution >= 4 is 22.9 Å². The topological polar surface area (TPSA) is 35.2 Å². The van der Waals surface area contributed by atoms with Crippen LogP contribution in [0.3, 0.4) is 0 Å². The van der Waals surface area contributed by atoms with Gasteiger partial charge >= 0.3 is 0 Å². The van der Waals surface area contributed by atoms with E-state index in [9.17, 15) is 0 Å². The molecule has 2 rings (SSSR count). The van der Waals surface area contributed by atoms with Gasteiger partial charge in [-0.2, -0.15) is 0 Å². The van der Waals surface area contributed by atoms with E-state index >= 15 is 0 Å². The number of hydrogen-bond donors (Lipinski definition) is 1. The number of hydrogen-bond acceptors (Lipinski definition) is 3. The summed E-state index contributed by atoms with van der Waals surface area (Å²) in [6.45, 7) is 1.53. The quantitative estimate of drug-likeness (QED) is 0.876. The third kappa shape index (κ3) is 4.70. The Bertz CT molecular complexity index is 597. The van der Waals surface area contributed by atoms with Gasteiger partial charge in [-0.1, -0.05) is 35.6 Å². The van der Waals surface area contributed by atoms with Gasteiger partial charge in [0.1, 0.15) is 0 Å². The number of halogens is 1.